The van der Waals surface area contributed by atoms with Crippen LogP contribution in [0.5, 0.6) is 0 Å². The zero-order valence-corrected chi connectivity index (χ0v) is 19.4. The second-order valence-electron chi connectivity index (χ2n) is 8.48. The Labute approximate surface area is 194 Å². The number of halogens is 3. The Morgan fingerprint density at radius 1 is 1.18 bits per heavy atom. The molecule has 0 spiro atoms. The molecule has 7 nitrogen and oxygen atoms in total. The molecule has 2 aromatic heterocycles. The van der Waals surface area contributed by atoms with Crippen molar-refractivity contribution in [2.45, 2.75) is 81.5 Å². The van der Waals surface area contributed by atoms with Crippen molar-refractivity contribution in [3.8, 4) is 0 Å². The second-order valence-corrected chi connectivity index (χ2v) is 9.43. The number of alkyl halides is 3. The Balaban J connectivity index is 1.50. The van der Waals surface area contributed by atoms with Crippen LogP contribution >= 0.6 is 11.8 Å². The van der Waals surface area contributed by atoms with Gasteiger partial charge in [-0.2, -0.15) is 18.2 Å². The summed E-state index contributed by atoms with van der Waals surface area (Å²) >= 11 is 1.49. The molecule has 0 aliphatic heterocycles. The molecular weight excluding hydrogens is 453 g/mol. The molecule has 2 heterocycles. The topological polar surface area (TPSA) is 81.7 Å². The van der Waals surface area contributed by atoms with E-state index in [1.807, 2.05) is 13.8 Å². The van der Waals surface area contributed by atoms with Crippen molar-refractivity contribution in [1.29, 1.82) is 0 Å². The summed E-state index contributed by atoms with van der Waals surface area (Å²) < 4.78 is 46.5. The van der Waals surface area contributed by atoms with Crippen LogP contribution in [0.25, 0.3) is 0 Å². The number of thioether (sulfide) groups is 1. The first-order valence-electron chi connectivity index (χ1n) is 11.1. The minimum Gasteiger partial charge on any atom is -0.378 e. The molecule has 11 heteroatoms. The maximum Gasteiger partial charge on any atom is 0.416 e. The lowest BCUT2D eigenvalue weighted by molar-refractivity contribution is -0.137. The summed E-state index contributed by atoms with van der Waals surface area (Å²) in [6, 6.07) is 5.46. The Morgan fingerprint density at radius 2 is 1.97 bits per heavy atom. The average molecular weight is 481 g/mol. The predicted octanol–water partition coefficient (Wildman–Crippen LogP) is 6.21. The normalized spacial score (nSPS) is 15.3. The summed E-state index contributed by atoms with van der Waals surface area (Å²) in [5.74, 6) is 2.58. The zero-order valence-electron chi connectivity index (χ0n) is 18.6. The third-order valence-electron chi connectivity index (χ3n) is 5.62. The van der Waals surface area contributed by atoms with Crippen LogP contribution in [0.2, 0.25) is 0 Å². The molecule has 0 radical (unpaired) electrons. The molecule has 0 bridgehead atoms. The predicted molar refractivity (Wildman–Crippen MR) is 119 cm³/mol. The minimum absolute atomic E-state index is 0.163. The van der Waals surface area contributed by atoms with E-state index < -0.39 is 11.7 Å². The molecule has 1 aromatic carbocycles. The van der Waals surface area contributed by atoms with Crippen molar-refractivity contribution >= 4 is 17.4 Å². The zero-order chi connectivity index (χ0) is 23.4. The standard InChI is InChI=1S/C22H27F3N6OS/c1-14(2)20-27-18(30-32-20)13-33-21-29-28-19(31(21)17-9-4-3-5-10-17)12-26-16-8-6-7-15(11-16)22(23,24)25/h6-8,11,14,17,26H,3-5,9-10,12-13H2,1-2H3. The Morgan fingerprint density at radius 3 is 2.67 bits per heavy atom. The Kier molecular flexibility index (Phi) is 7.26. The molecule has 0 unspecified atom stereocenters. The van der Waals surface area contributed by atoms with Gasteiger partial charge in [0.15, 0.2) is 16.8 Å². The third-order valence-corrected chi connectivity index (χ3v) is 6.56. The summed E-state index contributed by atoms with van der Waals surface area (Å²) in [5, 5.41) is 16.6. The molecule has 178 valence electrons. The van der Waals surface area contributed by atoms with Gasteiger partial charge in [0.2, 0.25) is 5.89 Å². The lowest BCUT2D eigenvalue weighted by atomic mass is 9.95. The summed E-state index contributed by atoms with van der Waals surface area (Å²) in [4.78, 5) is 4.42. The lowest BCUT2D eigenvalue weighted by Crippen LogP contribution is -2.18. The number of hydrogen-bond donors (Lipinski definition) is 1. The molecule has 1 aliphatic rings. The minimum atomic E-state index is -4.38. The largest absolute Gasteiger partial charge is 0.416 e. The van der Waals surface area contributed by atoms with Gasteiger partial charge in [-0.05, 0) is 31.0 Å². The van der Waals surface area contributed by atoms with E-state index in [0.717, 1.165) is 43.0 Å². The van der Waals surface area contributed by atoms with Gasteiger partial charge >= 0.3 is 6.18 Å². The molecule has 0 saturated heterocycles. The summed E-state index contributed by atoms with van der Waals surface area (Å²) in [6.45, 7) is 4.27. The molecule has 4 rings (SSSR count). The number of nitrogens with one attached hydrogen (secondary N) is 1. The Hall–Kier alpha value is -2.56. The number of nitrogens with zero attached hydrogens (tertiary/aromatic N) is 5. The highest BCUT2D eigenvalue weighted by Crippen LogP contribution is 2.34. The number of aromatic nitrogens is 5. The van der Waals surface area contributed by atoms with Gasteiger partial charge in [-0.25, -0.2) is 0 Å². The molecule has 1 fully saturated rings. The average Bonchev–Trinajstić information content (AvgIpc) is 3.43. The van der Waals surface area contributed by atoms with E-state index in [-0.39, 0.29) is 18.5 Å². The number of hydrogen-bond acceptors (Lipinski definition) is 7. The van der Waals surface area contributed by atoms with E-state index in [4.69, 9.17) is 4.52 Å². The van der Waals surface area contributed by atoms with E-state index in [2.05, 4.69) is 30.2 Å². The molecule has 1 aliphatic carbocycles. The monoisotopic (exact) mass is 480 g/mol. The SMILES string of the molecule is CC(C)c1nc(CSc2nnc(CNc3cccc(C(F)(F)F)c3)n2C2CCCCC2)no1. The van der Waals surface area contributed by atoms with E-state index in [0.29, 0.717) is 29.0 Å². The summed E-state index contributed by atoms with van der Waals surface area (Å²) in [6.07, 6.45) is 1.16. The molecular formula is C22H27F3N6OS. The highest BCUT2D eigenvalue weighted by molar-refractivity contribution is 7.98. The van der Waals surface area contributed by atoms with E-state index >= 15 is 0 Å². The molecule has 3 aromatic rings. The van der Waals surface area contributed by atoms with Crippen molar-refractivity contribution in [1.82, 2.24) is 24.9 Å². The van der Waals surface area contributed by atoms with Crippen molar-refractivity contribution in [2.24, 2.45) is 0 Å². The molecule has 1 saturated carbocycles. The van der Waals surface area contributed by atoms with Crippen molar-refractivity contribution in [3.63, 3.8) is 0 Å². The molecule has 33 heavy (non-hydrogen) atoms. The van der Waals surface area contributed by atoms with E-state index in [9.17, 15) is 13.2 Å². The van der Waals surface area contributed by atoms with E-state index in [1.54, 1.807) is 6.07 Å². The van der Waals surface area contributed by atoms with Crippen LogP contribution in [-0.4, -0.2) is 24.9 Å². The maximum absolute atomic E-state index is 13.0. The fourth-order valence-electron chi connectivity index (χ4n) is 3.91. The fourth-order valence-corrected chi connectivity index (χ4v) is 4.78. The van der Waals surface area contributed by atoms with Gasteiger partial charge in [0, 0.05) is 17.6 Å². The van der Waals surface area contributed by atoms with Crippen LogP contribution < -0.4 is 5.32 Å². The summed E-state index contributed by atoms with van der Waals surface area (Å²) in [7, 11) is 0. The number of rotatable bonds is 8. The first-order chi connectivity index (χ1) is 15.8. The van der Waals surface area contributed by atoms with Crippen LogP contribution in [-0.2, 0) is 18.5 Å². The van der Waals surface area contributed by atoms with Crippen molar-refractivity contribution in [2.75, 3.05) is 5.32 Å². The van der Waals surface area contributed by atoms with Gasteiger partial charge in [-0.3, -0.25) is 0 Å². The van der Waals surface area contributed by atoms with Gasteiger partial charge < -0.3 is 14.4 Å². The molecule has 0 atom stereocenters. The van der Waals surface area contributed by atoms with Crippen LogP contribution in [0.1, 0.15) is 81.0 Å². The number of anilines is 1. The third kappa shape index (κ3) is 5.87. The maximum atomic E-state index is 13.0. The summed E-state index contributed by atoms with van der Waals surface area (Å²) in [5.41, 5.74) is -0.288. The highest BCUT2D eigenvalue weighted by Gasteiger charge is 2.30. The first kappa shape index (κ1) is 23.6. The quantitative estimate of drug-likeness (QED) is 0.384. The van der Waals surface area contributed by atoms with Crippen molar-refractivity contribution in [3.05, 3.63) is 47.4 Å². The van der Waals surface area contributed by atoms with Crippen LogP contribution in [0.4, 0.5) is 18.9 Å². The smallest absolute Gasteiger partial charge is 0.378 e. The van der Waals surface area contributed by atoms with Crippen LogP contribution in [0.3, 0.4) is 0 Å². The van der Waals surface area contributed by atoms with Crippen LogP contribution in [0.15, 0.2) is 33.9 Å². The van der Waals surface area contributed by atoms with Crippen molar-refractivity contribution < 1.29 is 17.7 Å². The Bertz CT molecular complexity index is 1060. The fraction of sp³-hybridized carbons (Fsp3) is 0.545. The van der Waals surface area contributed by atoms with Gasteiger partial charge in [-0.1, -0.05) is 56.1 Å². The molecule has 0 amide bonds. The number of benzene rings is 1. The highest BCUT2D eigenvalue weighted by atomic mass is 32.2. The molecule has 1 N–H and O–H groups in total. The lowest BCUT2D eigenvalue weighted by Gasteiger charge is -2.25. The van der Waals surface area contributed by atoms with Gasteiger partial charge in [0.1, 0.15) is 0 Å². The van der Waals surface area contributed by atoms with Gasteiger partial charge in [-0.15, -0.1) is 10.2 Å². The first-order valence-corrected chi connectivity index (χ1v) is 12.1. The second kappa shape index (κ2) is 10.1. The van der Waals surface area contributed by atoms with Crippen LogP contribution in [0, 0.1) is 0 Å². The van der Waals surface area contributed by atoms with Gasteiger partial charge in [0.05, 0.1) is 17.9 Å². The van der Waals surface area contributed by atoms with E-state index in [1.165, 1.54) is 24.2 Å². The van der Waals surface area contributed by atoms with Gasteiger partial charge in [0.25, 0.3) is 0 Å².